The Bertz CT molecular complexity index is 1460. The number of amides is 2. The fraction of sp³-hybridized carbons (Fsp3) is 0.414. The SMILES string of the molecule is CN(C[C@H](O)CNC(=O)[C@H](CC1CCCCC1)NC(=O)c1cc2ccccc2s1)S(=O)(=O)c1ccccc1C#N. The number of fused-ring (bicyclic) bond motifs is 1. The Hall–Kier alpha value is -3.30. The number of aliphatic hydroxyl groups excluding tert-OH is 1. The van der Waals surface area contributed by atoms with Crippen molar-refractivity contribution in [1.29, 1.82) is 5.26 Å². The van der Waals surface area contributed by atoms with Gasteiger partial charge >= 0.3 is 0 Å². The van der Waals surface area contributed by atoms with Gasteiger partial charge in [-0.2, -0.15) is 9.57 Å². The molecular formula is C29H34N4O5S2. The molecule has 2 atom stereocenters. The maximum atomic E-state index is 13.2. The van der Waals surface area contributed by atoms with Crippen molar-refractivity contribution in [2.24, 2.45) is 5.92 Å². The standard InChI is InChI=1S/C29H34N4O5S2/c1-33(40(37,38)27-14-8-6-12-22(27)17-30)19-23(34)18-31-28(35)24(15-20-9-3-2-4-10-20)32-29(36)26-16-21-11-5-7-13-25(21)39-26/h5-8,11-14,16,20,23-24,34H,2-4,9-10,15,18-19H2,1H3,(H,31,35)(H,32,36)/t23-,24+/m1/s1. The van der Waals surface area contributed by atoms with Crippen LogP contribution in [0.4, 0.5) is 0 Å². The lowest BCUT2D eigenvalue weighted by molar-refractivity contribution is -0.124. The summed E-state index contributed by atoms with van der Waals surface area (Å²) in [5.41, 5.74) is 0.0112. The molecule has 1 aromatic heterocycles. The van der Waals surface area contributed by atoms with E-state index in [1.54, 1.807) is 6.07 Å². The molecule has 3 aromatic rings. The van der Waals surface area contributed by atoms with Crippen molar-refractivity contribution < 1.29 is 23.1 Å². The molecule has 40 heavy (non-hydrogen) atoms. The van der Waals surface area contributed by atoms with Crippen LogP contribution in [0, 0.1) is 17.2 Å². The number of hydrogen-bond donors (Lipinski definition) is 3. The topological polar surface area (TPSA) is 140 Å². The van der Waals surface area contributed by atoms with Crippen LogP contribution < -0.4 is 10.6 Å². The first-order chi connectivity index (χ1) is 19.2. The minimum absolute atomic E-state index is 0.0112. The molecule has 2 aromatic carbocycles. The lowest BCUT2D eigenvalue weighted by Crippen LogP contribution is -2.50. The van der Waals surface area contributed by atoms with Crippen LogP contribution >= 0.6 is 11.3 Å². The number of carbonyl (C=O) groups is 2. The van der Waals surface area contributed by atoms with E-state index in [0.717, 1.165) is 40.1 Å². The maximum absolute atomic E-state index is 13.2. The smallest absolute Gasteiger partial charge is 0.262 e. The van der Waals surface area contributed by atoms with Crippen molar-refractivity contribution in [3.63, 3.8) is 0 Å². The lowest BCUT2D eigenvalue weighted by atomic mass is 9.84. The summed E-state index contributed by atoms with van der Waals surface area (Å²) in [5.74, 6) is -0.423. The van der Waals surface area contributed by atoms with Crippen molar-refractivity contribution in [3.05, 3.63) is 65.0 Å². The highest BCUT2D eigenvalue weighted by Gasteiger charge is 2.29. The van der Waals surface area contributed by atoms with Crippen LogP contribution in [0.1, 0.15) is 53.8 Å². The number of benzene rings is 2. The molecular weight excluding hydrogens is 548 g/mol. The van der Waals surface area contributed by atoms with Crippen LogP contribution in [0.25, 0.3) is 10.1 Å². The first kappa shape index (κ1) is 29.7. The summed E-state index contributed by atoms with van der Waals surface area (Å²) in [6.07, 6.45) is 4.65. The van der Waals surface area contributed by atoms with Gasteiger partial charge in [-0.05, 0) is 42.0 Å². The molecule has 3 N–H and O–H groups in total. The van der Waals surface area contributed by atoms with Crippen LogP contribution in [0.15, 0.2) is 59.5 Å². The molecule has 1 saturated carbocycles. The number of carbonyl (C=O) groups excluding carboxylic acids is 2. The van der Waals surface area contributed by atoms with Gasteiger partial charge in [-0.15, -0.1) is 11.3 Å². The highest BCUT2D eigenvalue weighted by atomic mass is 32.2. The molecule has 1 aliphatic carbocycles. The van der Waals surface area contributed by atoms with Gasteiger partial charge in [0.1, 0.15) is 12.1 Å². The molecule has 11 heteroatoms. The summed E-state index contributed by atoms with van der Waals surface area (Å²) in [6.45, 7) is -0.484. The van der Waals surface area contributed by atoms with Crippen molar-refractivity contribution in [2.45, 2.75) is 55.6 Å². The highest BCUT2D eigenvalue weighted by molar-refractivity contribution is 7.89. The van der Waals surface area contributed by atoms with Gasteiger partial charge in [-0.25, -0.2) is 8.42 Å². The van der Waals surface area contributed by atoms with Crippen molar-refractivity contribution in [1.82, 2.24) is 14.9 Å². The summed E-state index contributed by atoms with van der Waals surface area (Å²) in [6, 6.07) is 16.5. The van der Waals surface area contributed by atoms with E-state index in [4.69, 9.17) is 0 Å². The number of aliphatic hydroxyl groups is 1. The van der Waals surface area contributed by atoms with Gasteiger partial charge < -0.3 is 15.7 Å². The fourth-order valence-corrected chi connectivity index (χ4v) is 7.38. The van der Waals surface area contributed by atoms with Gasteiger partial charge in [0.05, 0.1) is 21.4 Å². The molecule has 212 valence electrons. The molecule has 0 radical (unpaired) electrons. The lowest BCUT2D eigenvalue weighted by Gasteiger charge is -2.27. The Kier molecular flexibility index (Phi) is 9.92. The average molecular weight is 583 g/mol. The summed E-state index contributed by atoms with van der Waals surface area (Å²) in [4.78, 5) is 26.7. The first-order valence-electron chi connectivity index (χ1n) is 13.4. The Balaban J connectivity index is 1.39. The zero-order valence-corrected chi connectivity index (χ0v) is 24.0. The number of rotatable bonds is 11. The van der Waals surface area contributed by atoms with E-state index in [9.17, 15) is 28.4 Å². The molecule has 1 heterocycles. The quantitative estimate of drug-likeness (QED) is 0.315. The monoisotopic (exact) mass is 582 g/mol. The van der Waals surface area contributed by atoms with E-state index >= 15 is 0 Å². The zero-order chi connectivity index (χ0) is 28.7. The predicted molar refractivity (Wildman–Crippen MR) is 154 cm³/mol. The highest BCUT2D eigenvalue weighted by Crippen LogP contribution is 2.29. The van der Waals surface area contributed by atoms with E-state index in [1.807, 2.05) is 36.4 Å². The van der Waals surface area contributed by atoms with Gasteiger partial charge in [-0.3, -0.25) is 9.59 Å². The summed E-state index contributed by atoms with van der Waals surface area (Å²) < 4.78 is 27.9. The van der Waals surface area contributed by atoms with Crippen molar-refractivity contribution in [3.8, 4) is 6.07 Å². The van der Waals surface area contributed by atoms with Gasteiger partial charge in [0, 0.05) is 24.8 Å². The van der Waals surface area contributed by atoms with Gasteiger partial charge in [0.2, 0.25) is 15.9 Å². The Labute approximate surface area is 238 Å². The minimum Gasteiger partial charge on any atom is -0.390 e. The second kappa shape index (κ2) is 13.4. The van der Waals surface area contributed by atoms with Gasteiger partial charge in [0.25, 0.3) is 5.91 Å². The predicted octanol–water partition coefficient (Wildman–Crippen LogP) is 3.64. The third-order valence-corrected chi connectivity index (χ3v) is 10.2. The molecule has 1 fully saturated rings. The van der Waals surface area contributed by atoms with E-state index < -0.39 is 28.1 Å². The second-order valence-electron chi connectivity index (χ2n) is 10.2. The van der Waals surface area contributed by atoms with Crippen LogP contribution in [-0.4, -0.2) is 61.9 Å². The number of thiophene rings is 1. The van der Waals surface area contributed by atoms with Gasteiger partial charge in [0.15, 0.2) is 0 Å². The number of nitrogens with zero attached hydrogens (tertiary/aromatic N) is 2. The van der Waals surface area contributed by atoms with E-state index in [1.165, 1.54) is 43.0 Å². The molecule has 1 aliphatic rings. The van der Waals surface area contributed by atoms with Gasteiger partial charge in [-0.1, -0.05) is 62.4 Å². The minimum atomic E-state index is -4.03. The third-order valence-electron chi connectivity index (χ3n) is 7.24. The number of likely N-dealkylation sites (N-methyl/N-ethyl adjacent to an activating group) is 1. The molecule has 0 spiro atoms. The Morgan fingerprint density at radius 3 is 2.55 bits per heavy atom. The molecule has 0 unspecified atom stereocenters. The number of nitrogens with one attached hydrogen (secondary N) is 2. The zero-order valence-electron chi connectivity index (χ0n) is 22.4. The normalized spacial score (nSPS) is 15.8. The van der Waals surface area contributed by atoms with E-state index in [2.05, 4.69) is 10.6 Å². The molecule has 2 amide bonds. The molecule has 4 rings (SSSR count). The molecule has 0 bridgehead atoms. The van der Waals surface area contributed by atoms with Crippen LogP contribution in [0.2, 0.25) is 0 Å². The van der Waals surface area contributed by atoms with E-state index in [-0.39, 0.29) is 29.5 Å². The van der Waals surface area contributed by atoms with Crippen LogP contribution in [0.5, 0.6) is 0 Å². The number of sulfonamides is 1. The second-order valence-corrected chi connectivity index (χ2v) is 13.3. The van der Waals surface area contributed by atoms with E-state index in [0.29, 0.717) is 17.2 Å². The number of nitriles is 1. The number of hydrogen-bond acceptors (Lipinski definition) is 7. The molecule has 0 saturated heterocycles. The first-order valence-corrected chi connectivity index (χ1v) is 15.7. The fourth-order valence-electron chi connectivity index (χ4n) is 5.06. The largest absolute Gasteiger partial charge is 0.390 e. The van der Waals surface area contributed by atoms with Crippen LogP contribution in [-0.2, 0) is 14.8 Å². The Morgan fingerprint density at radius 2 is 1.82 bits per heavy atom. The average Bonchev–Trinajstić information content (AvgIpc) is 3.40. The Morgan fingerprint density at radius 1 is 1.12 bits per heavy atom. The maximum Gasteiger partial charge on any atom is 0.262 e. The summed E-state index contributed by atoms with van der Waals surface area (Å²) in [5, 5.41) is 26.4. The molecule has 0 aliphatic heterocycles. The third kappa shape index (κ3) is 7.26. The summed E-state index contributed by atoms with van der Waals surface area (Å²) >= 11 is 1.37. The van der Waals surface area contributed by atoms with Crippen LogP contribution in [0.3, 0.4) is 0 Å². The van der Waals surface area contributed by atoms with Crippen molar-refractivity contribution in [2.75, 3.05) is 20.1 Å². The summed E-state index contributed by atoms with van der Waals surface area (Å²) in [7, 11) is -2.72. The van der Waals surface area contributed by atoms with Crippen molar-refractivity contribution >= 4 is 43.3 Å². The molecule has 9 nitrogen and oxygen atoms in total.